The summed E-state index contributed by atoms with van der Waals surface area (Å²) in [6.45, 7) is 8.10. The lowest BCUT2D eigenvalue weighted by atomic mass is 9.80. The number of nitrogens with two attached hydrogens (primary N) is 1. The SMILES string of the molecule is CC(C)(C)OC(=O)C1([C@@H]2CN(Cc3ccccc3)C[C@H]2CO)CC1N. The van der Waals surface area contributed by atoms with Gasteiger partial charge >= 0.3 is 5.97 Å². The highest BCUT2D eigenvalue weighted by atomic mass is 16.6. The van der Waals surface area contributed by atoms with Crippen LogP contribution in [0.15, 0.2) is 30.3 Å². The highest BCUT2D eigenvalue weighted by Gasteiger charge is 2.67. The number of carbonyl (C=O) groups excluding carboxylic acids is 1. The summed E-state index contributed by atoms with van der Waals surface area (Å²) in [4.78, 5) is 15.2. The molecule has 138 valence electrons. The third-order valence-corrected chi connectivity index (χ3v) is 5.50. The van der Waals surface area contributed by atoms with Crippen LogP contribution >= 0.6 is 0 Å². The van der Waals surface area contributed by atoms with Gasteiger partial charge in [-0.3, -0.25) is 9.69 Å². The number of likely N-dealkylation sites (tertiary alicyclic amines) is 1. The number of hydrogen-bond acceptors (Lipinski definition) is 5. The van der Waals surface area contributed by atoms with Crippen molar-refractivity contribution in [1.29, 1.82) is 0 Å². The van der Waals surface area contributed by atoms with Crippen molar-refractivity contribution in [2.45, 2.75) is 45.4 Å². The molecular weight excluding hydrogens is 316 g/mol. The van der Waals surface area contributed by atoms with Crippen molar-refractivity contribution in [3.63, 3.8) is 0 Å². The zero-order chi connectivity index (χ0) is 18.2. The molecule has 2 aliphatic rings. The second-order valence-electron chi connectivity index (χ2n) is 8.58. The minimum atomic E-state index is -0.633. The lowest BCUT2D eigenvalue weighted by Gasteiger charge is -2.30. The highest BCUT2D eigenvalue weighted by Crippen LogP contribution is 2.56. The van der Waals surface area contributed by atoms with Crippen molar-refractivity contribution in [3.8, 4) is 0 Å². The van der Waals surface area contributed by atoms with E-state index < -0.39 is 11.0 Å². The molecule has 0 aromatic heterocycles. The van der Waals surface area contributed by atoms with E-state index in [1.165, 1.54) is 5.56 Å². The first-order chi connectivity index (χ1) is 11.8. The van der Waals surface area contributed by atoms with Crippen LogP contribution in [0.1, 0.15) is 32.8 Å². The van der Waals surface area contributed by atoms with Gasteiger partial charge in [-0.15, -0.1) is 0 Å². The first kappa shape index (κ1) is 18.4. The largest absolute Gasteiger partial charge is 0.459 e. The van der Waals surface area contributed by atoms with E-state index in [1.807, 2.05) is 39.0 Å². The number of esters is 1. The molecule has 1 saturated carbocycles. The number of carbonyl (C=O) groups is 1. The second-order valence-corrected chi connectivity index (χ2v) is 8.58. The van der Waals surface area contributed by atoms with Gasteiger partial charge in [-0.1, -0.05) is 30.3 Å². The summed E-state index contributed by atoms with van der Waals surface area (Å²) in [6, 6.07) is 10.1. The fourth-order valence-electron chi connectivity index (χ4n) is 4.19. The number of aliphatic hydroxyl groups is 1. The average Bonchev–Trinajstić information content (AvgIpc) is 3.05. The van der Waals surface area contributed by atoms with Gasteiger partial charge in [0.15, 0.2) is 0 Å². The number of aliphatic hydroxyl groups excluding tert-OH is 1. The standard InChI is InChI=1S/C20H30N2O3/c1-19(2,3)25-18(24)20(9-17(20)21)16-12-22(11-15(16)13-23)10-14-7-5-4-6-8-14/h4-8,15-17,23H,9-13,21H2,1-3H3/t15-,16+,17?,20?/m0/s1. The number of nitrogens with zero attached hydrogens (tertiary/aromatic N) is 1. The van der Waals surface area contributed by atoms with E-state index in [1.54, 1.807) is 0 Å². The summed E-state index contributed by atoms with van der Waals surface area (Å²) < 4.78 is 5.68. The van der Waals surface area contributed by atoms with Gasteiger partial charge in [0.2, 0.25) is 0 Å². The van der Waals surface area contributed by atoms with Crippen molar-refractivity contribution in [2.24, 2.45) is 23.0 Å². The predicted octanol–water partition coefficient (Wildman–Crippen LogP) is 1.79. The van der Waals surface area contributed by atoms with Crippen LogP contribution in [0.25, 0.3) is 0 Å². The minimum absolute atomic E-state index is 0.0473. The number of ether oxygens (including phenoxy) is 1. The molecule has 0 bridgehead atoms. The van der Waals surface area contributed by atoms with Crippen molar-refractivity contribution in [1.82, 2.24) is 4.90 Å². The van der Waals surface area contributed by atoms with E-state index in [0.29, 0.717) is 6.42 Å². The Morgan fingerprint density at radius 2 is 1.96 bits per heavy atom. The Morgan fingerprint density at radius 3 is 2.48 bits per heavy atom. The smallest absolute Gasteiger partial charge is 0.314 e. The first-order valence-electron chi connectivity index (χ1n) is 9.12. The van der Waals surface area contributed by atoms with Gasteiger partial charge in [0.25, 0.3) is 0 Å². The van der Waals surface area contributed by atoms with E-state index >= 15 is 0 Å². The summed E-state index contributed by atoms with van der Waals surface area (Å²) in [6.07, 6.45) is 0.655. The van der Waals surface area contributed by atoms with Crippen molar-refractivity contribution in [3.05, 3.63) is 35.9 Å². The summed E-state index contributed by atoms with van der Waals surface area (Å²) >= 11 is 0. The van der Waals surface area contributed by atoms with Crippen LogP contribution in [-0.2, 0) is 16.1 Å². The lowest BCUT2D eigenvalue weighted by molar-refractivity contribution is -0.165. The van der Waals surface area contributed by atoms with Gasteiger partial charge in [-0.05, 0) is 44.6 Å². The van der Waals surface area contributed by atoms with Gasteiger partial charge in [-0.25, -0.2) is 0 Å². The molecule has 1 aliphatic carbocycles. The van der Waals surface area contributed by atoms with Crippen LogP contribution in [0.4, 0.5) is 0 Å². The quantitative estimate of drug-likeness (QED) is 0.795. The van der Waals surface area contributed by atoms with Gasteiger partial charge in [0, 0.05) is 32.3 Å². The molecule has 3 rings (SSSR count). The Bertz CT molecular complexity index is 613. The van der Waals surface area contributed by atoms with Crippen LogP contribution in [-0.4, -0.2) is 47.3 Å². The molecule has 3 N–H and O–H groups in total. The molecule has 5 nitrogen and oxygen atoms in total. The van der Waals surface area contributed by atoms with E-state index in [4.69, 9.17) is 10.5 Å². The predicted molar refractivity (Wildman–Crippen MR) is 96.7 cm³/mol. The molecule has 0 spiro atoms. The third kappa shape index (κ3) is 3.73. The molecule has 0 radical (unpaired) electrons. The van der Waals surface area contributed by atoms with Crippen molar-refractivity contribution < 1.29 is 14.6 Å². The summed E-state index contributed by atoms with van der Waals surface area (Å²) in [7, 11) is 0. The zero-order valence-corrected chi connectivity index (χ0v) is 15.4. The lowest BCUT2D eigenvalue weighted by Crippen LogP contribution is -2.41. The maximum atomic E-state index is 12.9. The molecule has 5 heteroatoms. The molecule has 2 unspecified atom stereocenters. The Hall–Kier alpha value is -1.43. The maximum Gasteiger partial charge on any atom is 0.314 e. The molecule has 2 fully saturated rings. The Balaban J connectivity index is 1.74. The molecule has 1 saturated heterocycles. The molecule has 25 heavy (non-hydrogen) atoms. The van der Waals surface area contributed by atoms with E-state index in [9.17, 15) is 9.90 Å². The summed E-state index contributed by atoms with van der Waals surface area (Å²) in [5, 5.41) is 9.89. The molecule has 0 amide bonds. The minimum Gasteiger partial charge on any atom is -0.459 e. The van der Waals surface area contributed by atoms with Crippen LogP contribution in [0.2, 0.25) is 0 Å². The molecule has 1 aromatic carbocycles. The Morgan fingerprint density at radius 1 is 1.32 bits per heavy atom. The molecule has 1 heterocycles. The third-order valence-electron chi connectivity index (χ3n) is 5.50. The van der Waals surface area contributed by atoms with Crippen LogP contribution in [0, 0.1) is 17.3 Å². The maximum absolute atomic E-state index is 12.9. The molecule has 1 aromatic rings. The fourth-order valence-corrected chi connectivity index (χ4v) is 4.19. The molecule has 4 atom stereocenters. The van der Waals surface area contributed by atoms with Gasteiger partial charge in [0.1, 0.15) is 5.60 Å². The zero-order valence-electron chi connectivity index (χ0n) is 15.4. The second kappa shape index (κ2) is 6.71. The average molecular weight is 346 g/mol. The summed E-state index contributed by atoms with van der Waals surface area (Å²) in [5.74, 6) is -0.0895. The fraction of sp³-hybridized carbons (Fsp3) is 0.650. The molecule has 1 aliphatic heterocycles. The number of hydrogen-bond donors (Lipinski definition) is 2. The summed E-state index contributed by atoms with van der Waals surface area (Å²) in [5.41, 5.74) is 6.30. The van der Waals surface area contributed by atoms with E-state index in [-0.39, 0.29) is 30.5 Å². The van der Waals surface area contributed by atoms with Crippen molar-refractivity contribution in [2.75, 3.05) is 19.7 Å². The van der Waals surface area contributed by atoms with Crippen LogP contribution in [0.5, 0.6) is 0 Å². The van der Waals surface area contributed by atoms with Gasteiger partial charge in [0.05, 0.1) is 5.41 Å². The number of benzene rings is 1. The first-order valence-corrected chi connectivity index (χ1v) is 9.12. The van der Waals surface area contributed by atoms with Gasteiger partial charge < -0.3 is 15.6 Å². The van der Waals surface area contributed by atoms with E-state index in [2.05, 4.69) is 17.0 Å². The molecular formula is C20H30N2O3. The van der Waals surface area contributed by atoms with Crippen LogP contribution in [0.3, 0.4) is 0 Å². The Kier molecular flexibility index (Phi) is 4.93. The van der Waals surface area contributed by atoms with Crippen LogP contribution < -0.4 is 5.73 Å². The highest BCUT2D eigenvalue weighted by molar-refractivity contribution is 5.82. The normalized spacial score (nSPS) is 32.6. The van der Waals surface area contributed by atoms with E-state index in [0.717, 1.165) is 19.6 Å². The number of rotatable bonds is 5. The topological polar surface area (TPSA) is 75.8 Å². The Labute approximate surface area is 150 Å². The monoisotopic (exact) mass is 346 g/mol. The van der Waals surface area contributed by atoms with Gasteiger partial charge in [-0.2, -0.15) is 0 Å². The van der Waals surface area contributed by atoms with Crippen molar-refractivity contribution >= 4 is 5.97 Å².